The molecule has 0 N–H and O–H groups in total. The van der Waals surface area contributed by atoms with Crippen molar-refractivity contribution in [3.05, 3.63) is 12.2 Å². The van der Waals surface area contributed by atoms with Crippen molar-refractivity contribution in [3.63, 3.8) is 0 Å². The highest BCUT2D eigenvalue weighted by molar-refractivity contribution is 5.10. The van der Waals surface area contributed by atoms with Gasteiger partial charge in [0, 0.05) is 0 Å². The van der Waals surface area contributed by atoms with Crippen molar-refractivity contribution in [2.45, 2.75) is 19.3 Å². The van der Waals surface area contributed by atoms with Crippen LogP contribution in [-0.4, -0.2) is 0 Å². The van der Waals surface area contributed by atoms with Crippen LogP contribution in [0.1, 0.15) is 19.3 Å². The molecule has 10 heavy (non-hydrogen) atoms. The Morgan fingerprint density at radius 2 is 2.20 bits per heavy atom. The lowest BCUT2D eigenvalue weighted by atomic mass is 9.70. The molecule has 0 saturated heterocycles. The molecule has 52 valence electrons. The maximum absolute atomic E-state index is 8.73. The summed E-state index contributed by atoms with van der Waals surface area (Å²) in [5, 5.41) is 8.73. The Morgan fingerprint density at radius 1 is 1.30 bits per heavy atom. The van der Waals surface area contributed by atoms with E-state index in [-0.39, 0.29) is 0 Å². The average molecular weight is 133 g/mol. The monoisotopic (exact) mass is 133 g/mol. The van der Waals surface area contributed by atoms with Crippen LogP contribution in [0.3, 0.4) is 0 Å². The molecule has 3 rings (SSSR count). The lowest BCUT2D eigenvalue weighted by molar-refractivity contribution is 0.269. The molecule has 0 aromatic heterocycles. The SMILES string of the molecule is N#C[C@H]1C[C@H]2C=C[C@H]1CC2. The lowest BCUT2D eigenvalue weighted by Crippen LogP contribution is -2.25. The van der Waals surface area contributed by atoms with Crippen LogP contribution in [0.5, 0.6) is 0 Å². The first-order valence-electron chi connectivity index (χ1n) is 3.98. The third kappa shape index (κ3) is 0.759. The van der Waals surface area contributed by atoms with Crippen LogP contribution < -0.4 is 0 Å². The standard InChI is InChI=1S/C9H11N/c10-6-9-5-7-1-3-8(9)4-2-7/h1,3,7-9H,2,4-5H2/t7-,8-,9+/m0/s1. The molecule has 2 bridgehead atoms. The lowest BCUT2D eigenvalue weighted by Gasteiger charge is -2.33. The predicted octanol–water partition coefficient (Wildman–Crippen LogP) is 2.11. The van der Waals surface area contributed by atoms with Crippen molar-refractivity contribution in [2.75, 3.05) is 0 Å². The second-order valence-corrected chi connectivity index (χ2v) is 3.36. The van der Waals surface area contributed by atoms with Crippen molar-refractivity contribution >= 4 is 0 Å². The van der Waals surface area contributed by atoms with Gasteiger partial charge in [0.25, 0.3) is 0 Å². The normalized spacial score (nSPS) is 43.3. The maximum atomic E-state index is 8.73. The van der Waals surface area contributed by atoms with E-state index in [0.29, 0.717) is 11.8 Å². The number of fused-ring (bicyclic) bond motifs is 2. The van der Waals surface area contributed by atoms with Crippen LogP contribution in [0.25, 0.3) is 0 Å². The number of hydrogen-bond acceptors (Lipinski definition) is 1. The summed E-state index contributed by atoms with van der Waals surface area (Å²) in [6, 6.07) is 2.38. The molecule has 1 saturated carbocycles. The highest BCUT2D eigenvalue weighted by atomic mass is 14.4. The van der Waals surface area contributed by atoms with Gasteiger partial charge in [0.1, 0.15) is 0 Å². The van der Waals surface area contributed by atoms with E-state index in [4.69, 9.17) is 5.26 Å². The smallest absolute Gasteiger partial charge is 0.0662 e. The van der Waals surface area contributed by atoms with Gasteiger partial charge in [-0.15, -0.1) is 0 Å². The molecule has 3 atom stereocenters. The molecule has 0 unspecified atom stereocenters. The van der Waals surface area contributed by atoms with E-state index in [1.165, 1.54) is 12.8 Å². The first kappa shape index (κ1) is 5.97. The topological polar surface area (TPSA) is 23.8 Å². The second kappa shape index (κ2) is 2.12. The highest BCUT2D eigenvalue weighted by Gasteiger charge is 2.31. The number of allylic oxidation sites excluding steroid dienone is 2. The van der Waals surface area contributed by atoms with E-state index in [1.54, 1.807) is 0 Å². The minimum absolute atomic E-state index is 0.337. The molecule has 0 radical (unpaired) electrons. The summed E-state index contributed by atoms with van der Waals surface area (Å²) in [4.78, 5) is 0. The van der Waals surface area contributed by atoms with Gasteiger partial charge in [-0.2, -0.15) is 5.26 Å². The zero-order valence-electron chi connectivity index (χ0n) is 5.96. The second-order valence-electron chi connectivity index (χ2n) is 3.36. The summed E-state index contributed by atoms with van der Waals surface area (Å²) in [7, 11) is 0. The molecule has 1 fully saturated rings. The Labute approximate surface area is 61.4 Å². The third-order valence-electron chi connectivity index (χ3n) is 2.74. The van der Waals surface area contributed by atoms with E-state index < -0.39 is 0 Å². The summed E-state index contributed by atoms with van der Waals surface area (Å²) in [6.45, 7) is 0. The number of nitriles is 1. The summed E-state index contributed by atoms with van der Waals surface area (Å²) in [5.74, 6) is 1.66. The van der Waals surface area contributed by atoms with E-state index in [1.807, 2.05) is 0 Å². The molecular weight excluding hydrogens is 122 g/mol. The van der Waals surface area contributed by atoms with Crippen molar-refractivity contribution in [3.8, 4) is 6.07 Å². The first-order chi connectivity index (χ1) is 4.90. The minimum atomic E-state index is 0.337. The van der Waals surface area contributed by atoms with Crippen LogP contribution in [0, 0.1) is 29.1 Å². The van der Waals surface area contributed by atoms with Crippen molar-refractivity contribution in [1.29, 1.82) is 5.26 Å². The van der Waals surface area contributed by atoms with Crippen LogP contribution in [0.2, 0.25) is 0 Å². The predicted molar refractivity (Wildman–Crippen MR) is 39.1 cm³/mol. The number of hydrogen-bond donors (Lipinski definition) is 0. The van der Waals surface area contributed by atoms with Gasteiger partial charge < -0.3 is 0 Å². The fourth-order valence-electron chi connectivity index (χ4n) is 2.08. The van der Waals surface area contributed by atoms with Gasteiger partial charge in [0.2, 0.25) is 0 Å². The molecule has 0 aliphatic heterocycles. The summed E-state index contributed by atoms with van der Waals surface area (Å²) >= 11 is 0. The van der Waals surface area contributed by atoms with Crippen LogP contribution in [0.4, 0.5) is 0 Å². The van der Waals surface area contributed by atoms with Gasteiger partial charge in [-0.05, 0) is 31.1 Å². The van der Waals surface area contributed by atoms with Crippen LogP contribution in [0.15, 0.2) is 12.2 Å². The highest BCUT2D eigenvalue weighted by Crippen LogP contribution is 2.39. The van der Waals surface area contributed by atoms with Gasteiger partial charge in [-0.3, -0.25) is 0 Å². The van der Waals surface area contributed by atoms with E-state index >= 15 is 0 Å². The minimum Gasteiger partial charge on any atom is -0.198 e. The Hall–Kier alpha value is -0.770. The molecule has 3 aliphatic carbocycles. The Morgan fingerprint density at radius 3 is 2.50 bits per heavy atom. The average Bonchev–Trinajstić information content (AvgIpc) is 2.06. The summed E-state index contributed by atoms with van der Waals surface area (Å²) in [6.07, 6.45) is 8.23. The molecule has 0 aromatic rings. The molecule has 0 heterocycles. The molecule has 0 amide bonds. The number of rotatable bonds is 0. The molecule has 1 heteroatoms. The Bertz CT molecular complexity index is 199. The Balaban J connectivity index is 2.21. The molecule has 1 nitrogen and oxygen atoms in total. The van der Waals surface area contributed by atoms with Crippen molar-refractivity contribution in [2.24, 2.45) is 17.8 Å². The van der Waals surface area contributed by atoms with E-state index in [0.717, 1.165) is 12.3 Å². The van der Waals surface area contributed by atoms with Gasteiger partial charge in [0.05, 0.1) is 12.0 Å². The summed E-state index contributed by atoms with van der Waals surface area (Å²) in [5.41, 5.74) is 0. The van der Waals surface area contributed by atoms with Gasteiger partial charge in [-0.25, -0.2) is 0 Å². The summed E-state index contributed by atoms with van der Waals surface area (Å²) < 4.78 is 0. The van der Waals surface area contributed by atoms with E-state index in [9.17, 15) is 0 Å². The molecule has 3 aliphatic rings. The maximum Gasteiger partial charge on any atom is 0.0662 e. The molecule has 0 spiro atoms. The Kier molecular flexibility index (Phi) is 1.27. The van der Waals surface area contributed by atoms with Gasteiger partial charge in [-0.1, -0.05) is 12.2 Å². The van der Waals surface area contributed by atoms with Crippen molar-refractivity contribution < 1.29 is 0 Å². The number of nitrogens with zero attached hydrogens (tertiary/aromatic N) is 1. The fourth-order valence-corrected chi connectivity index (χ4v) is 2.08. The zero-order chi connectivity index (χ0) is 6.97. The third-order valence-corrected chi connectivity index (χ3v) is 2.74. The van der Waals surface area contributed by atoms with Gasteiger partial charge >= 0.3 is 0 Å². The van der Waals surface area contributed by atoms with Crippen LogP contribution >= 0.6 is 0 Å². The fraction of sp³-hybridized carbons (Fsp3) is 0.667. The van der Waals surface area contributed by atoms with Gasteiger partial charge in [0.15, 0.2) is 0 Å². The first-order valence-corrected chi connectivity index (χ1v) is 3.98. The quantitative estimate of drug-likeness (QED) is 0.464. The largest absolute Gasteiger partial charge is 0.198 e. The molecule has 0 aromatic carbocycles. The molecular formula is C9H11N. The zero-order valence-corrected chi connectivity index (χ0v) is 5.96. The van der Waals surface area contributed by atoms with Crippen LogP contribution in [-0.2, 0) is 0 Å². The van der Waals surface area contributed by atoms with E-state index in [2.05, 4.69) is 18.2 Å². The van der Waals surface area contributed by atoms with Crippen molar-refractivity contribution in [1.82, 2.24) is 0 Å².